The second-order valence-electron chi connectivity index (χ2n) is 2.17. The van der Waals surface area contributed by atoms with Gasteiger partial charge in [0.15, 0.2) is 0 Å². The molecule has 2 unspecified atom stereocenters. The van der Waals surface area contributed by atoms with Crippen molar-refractivity contribution < 1.29 is 48.8 Å². The number of hydrogen-bond acceptors (Lipinski definition) is 6. The molecule has 1 N–H and O–H groups in total. The standard InChI is InChI=1S/C7H8O.O5P2.Pd/c8-6-7-4-2-1-3-5-7;1-6(2)5-7(3)4;/h1-5,8H,6H2;;/q;;+2. The summed E-state index contributed by atoms with van der Waals surface area (Å²) in [5.74, 6) is 0. The minimum absolute atomic E-state index is 0. The molecule has 6 nitrogen and oxygen atoms in total. The van der Waals surface area contributed by atoms with Gasteiger partial charge in [-0.15, -0.1) is 0 Å². The molecule has 0 aliphatic rings. The molecule has 0 heterocycles. The monoisotopic (exact) mass is 356 g/mol. The van der Waals surface area contributed by atoms with E-state index in [1.54, 1.807) is 0 Å². The second-order valence-corrected chi connectivity index (χ2v) is 3.72. The van der Waals surface area contributed by atoms with E-state index in [2.05, 4.69) is 4.31 Å². The summed E-state index contributed by atoms with van der Waals surface area (Å²) in [6, 6.07) is 9.52. The van der Waals surface area contributed by atoms with Gasteiger partial charge in [0.25, 0.3) is 0 Å². The molecule has 0 aliphatic carbocycles. The first-order valence-electron chi connectivity index (χ1n) is 3.68. The van der Waals surface area contributed by atoms with Crippen molar-refractivity contribution in [2.45, 2.75) is 6.61 Å². The van der Waals surface area contributed by atoms with Gasteiger partial charge in [-0.2, -0.15) is 0 Å². The van der Waals surface area contributed by atoms with Crippen LogP contribution >= 0.6 is 16.5 Å². The van der Waals surface area contributed by atoms with E-state index in [-0.39, 0.29) is 27.0 Å². The molecule has 1 rings (SSSR count). The SMILES string of the molecule is O=[P+]([O-])O[P+](=O)[O-].OCc1ccccc1.[Pd+2]. The van der Waals surface area contributed by atoms with Gasteiger partial charge in [-0.3, -0.25) is 0 Å². The van der Waals surface area contributed by atoms with Gasteiger partial charge < -0.3 is 14.9 Å². The molecule has 0 spiro atoms. The number of aliphatic hydroxyl groups is 1. The molecule has 0 bridgehead atoms. The average molecular weight is 357 g/mol. The zero-order chi connectivity index (χ0) is 11.7. The maximum atomic E-state index is 9.24. The third-order valence-electron chi connectivity index (χ3n) is 1.16. The van der Waals surface area contributed by atoms with E-state index in [0.717, 1.165) is 5.56 Å². The average Bonchev–Trinajstić information content (AvgIpc) is 2.18. The van der Waals surface area contributed by atoms with Gasteiger partial charge in [-0.25, -0.2) is 0 Å². The molecular weight excluding hydrogens is 348 g/mol. The summed E-state index contributed by atoms with van der Waals surface area (Å²) in [7, 11) is -6.47. The fourth-order valence-electron chi connectivity index (χ4n) is 0.638. The molecule has 16 heavy (non-hydrogen) atoms. The minimum atomic E-state index is -3.24. The Bertz CT molecular complexity index is 308. The quantitative estimate of drug-likeness (QED) is 0.612. The maximum Gasteiger partial charge on any atom is 2.00 e. The zero-order valence-electron chi connectivity index (χ0n) is 7.79. The fourth-order valence-corrected chi connectivity index (χ4v) is 1.07. The van der Waals surface area contributed by atoms with Crippen molar-refractivity contribution in [2.24, 2.45) is 0 Å². The molecule has 90 valence electrons. The van der Waals surface area contributed by atoms with Gasteiger partial charge in [0.1, 0.15) is 4.31 Å². The van der Waals surface area contributed by atoms with Crippen LogP contribution in [0.25, 0.3) is 0 Å². The Morgan fingerprint density at radius 1 is 1.12 bits per heavy atom. The molecule has 1 aromatic rings. The zero-order valence-corrected chi connectivity index (χ0v) is 11.1. The van der Waals surface area contributed by atoms with Gasteiger partial charge >= 0.3 is 36.9 Å². The minimum Gasteiger partial charge on any atom is -0.563 e. The third kappa shape index (κ3) is 12.0. The number of aliphatic hydroxyl groups excluding tert-OH is 1. The van der Waals surface area contributed by atoms with E-state index in [1.165, 1.54) is 0 Å². The van der Waals surface area contributed by atoms with Crippen LogP contribution in [0.1, 0.15) is 5.56 Å². The molecule has 0 saturated heterocycles. The number of rotatable bonds is 3. The second kappa shape index (κ2) is 11.4. The molecular formula is C7H8O6P2Pd+2. The fraction of sp³-hybridized carbons (Fsp3) is 0.143. The van der Waals surface area contributed by atoms with Gasteiger partial charge in [0.2, 0.25) is 0 Å². The van der Waals surface area contributed by atoms with Crippen LogP contribution in [0.5, 0.6) is 0 Å². The van der Waals surface area contributed by atoms with Gasteiger partial charge in [-0.05, 0) is 14.7 Å². The predicted molar refractivity (Wildman–Crippen MR) is 48.7 cm³/mol. The first-order valence-corrected chi connectivity index (χ1v) is 5.87. The van der Waals surface area contributed by atoms with Crippen LogP contribution in [0.4, 0.5) is 0 Å². The van der Waals surface area contributed by atoms with Crippen LogP contribution in [0, 0.1) is 0 Å². The maximum absolute atomic E-state index is 9.24. The first kappa shape index (κ1) is 18.3. The molecule has 0 radical (unpaired) electrons. The van der Waals surface area contributed by atoms with Crippen LogP contribution in [0.2, 0.25) is 0 Å². The molecule has 2 atom stereocenters. The van der Waals surface area contributed by atoms with Crippen molar-refractivity contribution in [3.8, 4) is 0 Å². The summed E-state index contributed by atoms with van der Waals surface area (Å²) in [5, 5.41) is 8.54. The summed E-state index contributed by atoms with van der Waals surface area (Å²) < 4.78 is 21.6. The van der Waals surface area contributed by atoms with Crippen molar-refractivity contribution in [1.29, 1.82) is 0 Å². The number of hydrogen-bond donors (Lipinski definition) is 1. The predicted octanol–water partition coefficient (Wildman–Crippen LogP) is 0.215. The summed E-state index contributed by atoms with van der Waals surface area (Å²) in [5.41, 5.74) is 0.965. The smallest absolute Gasteiger partial charge is 0.563 e. The molecule has 0 fully saturated rings. The summed E-state index contributed by atoms with van der Waals surface area (Å²) in [6.45, 7) is 0.140. The van der Waals surface area contributed by atoms with Crippen LogP contribution in [-0.2, 0) is 40.5 Å². The van der Waals surface area contributed by atoms with Crippen molar-refractivity contribution in [2.75, 3.05) is 0 Å². The molecule has 1 aromatic carbocycles. The normalized spacial score (nSPS) is 10.4. The van der Waals surface area contributed by atoms with E-state index in [0.29, 0.717) is 0 Å². The summed E-state index contributed by atoms with van der Waals surface area (Å²) in [6.07, 6.45) is 0. The van der Waals surface area contributed by atoms with Crippen molar-refractivity contribution in [3.05, 3.63) is 35.9 Å². The molecule has 9 heteroatoms. The van der Waals surface area contributed by atoms with Gasteiger partial charge in [0.05, 0.1) is 6.61 Å². The van der Waals surface area contributed by atoms with Gasteiger partial charge in [-0.1, -0.05) is 30.3 Å². The van der Waals surface area contributed by atoms with E-state index in [1.807, 2.05) is 30.3 Å². The Hall–Kier alpha value is -0.0777. The topological polar surface area (TPSA) is 110 Å². The molecule has 0 amide bonds. The third-order valence-corrected chi connectivity index (χ3v) is 2.23. The van der Waals surface area contributed by atoms with E-state index in [4.69, 9.17) is 5.11 Å². The largest absolute Gasteiger partial charge is 2.00 e. The Labute approximate surface area is 108 Å². The number of benzene rings is 1. The van der Waals surface area contributed by atoms with E-state index < -0.39 is 16.5 Å². The van der Waals surface area contributed by atoms with E-state index in [9.17, 15) is 18.9 Å². The summed E-state index contributed by atoms with van der Waals surface area (Å²) >= 11 is 0. The summed E-state index contributed by atoms with van der Waals surface area (Å²) in [4.78, 5) is 18.5. The first-order chi connectivity index (χ1) is 7.06. The Morgan fingerprint density at radius 2 is 1.56 bits per heavy atom. The van der Waals surface area contributed by atoms with Crippen molar-refractivity contribution in [3.63, 3.8) is 0 Å². The van der Waals surface area contributed by atoms with Crippen LogP contribution in [-0.4, -0.2) is 5.11 Å². The van der Waals surface area contributed by atoms with Crippen molar-refractivity contribution in [1.82, 2.24) is 0 Å². The van der Waals surface area contributed by atoms with Crippen LogP contribution < -0.4 is 9.79 Å². The van der Waals surface area contributed by atoms with Crippen LogP contribution in [0.3, 0.4) is 0 Å². The Morgan fingerprint density at radius 3 is 1.75 bits per heavy atom. The Kier molecular flexibility index (Phi) is 13.0. The van der Waals surface area contributed by atoms with Crippen LogP contribution in [0.15, 0.2) is 30.3 Å². The van der Waals surface area contributed by atoms with Gasteiger partial charge in [0, 0.05) is 0 Å². The molecule has 0 saturated carbocycles. The van der Waals surface area contributed by atoms with Crippen molar-refractivity contribution >= 4 is 16.5 Å². The Balaban J connectivity index is 0. The molecule has 0 aliphatic heterocycles. The van der Waals surface area contributed by atoms with E-state index >= 15 is 0 Å². The molecule has 0 aromatic heterocycles.